The van der Waals surface area contributed by atoms with E-state index in [1.165, 1.54) is 18.3 Å². The van der Waals surface area contributed by atoms with Gasteiger partial charge < -0.3 is 14.6 Å². The Labute approximate surface area is 137 Å². The molecule has 1 heterocycles. The van der Waals surface area contributed by atoms with Crippen molar-refractivity contribution in [2.45, 2.75) is 6.10 Å². The quantitative estimate of drug-likeness (QED) is 0.668. The second kappa shape index (κ2) is 6.58. The SMILES string of the molecule is O=C(N/N=C\c1cc(Cl)ccc1O)[C@@H]1COc2ccccc2O1. The molecule has 0 unspecified atom stereocenters. The zero-order valence-electron chi connectivity index (χ0n) is 11.9. The van der Waals surface area contributed by atoms with Crippen LogP contribution in [-0.2, 0) is 4.79 Å². The maximum absolute atomic E-state index is 12.0. The number of carbonyl (C=O) groups is 1. The zero-order valence-corrected chi connectivity index (χ0v) is 12.7. The molecule has 23 heavy (non-hydrogen) atoms. The van der Waals surface area contributed by atoms with Gasteiger partial charge in [0.2, 0.25) is 6.10 Å². The minimum absolute atomic E-state index is 0.0126. The average molecular weight is 333 g/mol. The standard InChI is InChI=1S/C16H13ClN2O4/c17-11-5-6-12(20)10(7-11)8-18-19-16(21)15-9-22-13-3-1-2-4-14(13)23-15/h1-8,15,20H,9H2,(H,19,21)/b18-8-/t15-/m0/s1. The summed E-state index contributed by atoms with van der Waals surface area (Å²) in [5, 5.41) is 13.9. The summed E-state index contributed by atoms with van der Waals surface area (Å²) in [7, 11) is 0. The van der Waals surface area contributed by atoms with E-state index in [-0.39, 0.29) is 12.4 Å². The number of amides is 1. The molecule has 0 radical (unpaired) electrons. The van der Waals surface area contributed by atoms with Crippen LogP contribution in [0.15, 0.2) is 47.6 Å². The van der Waals surface area contributed by atoms with Gasteiger partial charge in [-0.05, 0) is 30.3 Å². The fraction of sp³-hybridized carbons (Fsp3) is 0.125. The molecule has 0 bridgehead atoms. The van der Waals surface area contributed by atoms with Crippen LogP contribution in [-0.4, -0.2) is 29.9 Å². The first-order valence-electron chi connectivity index (χ1n) is 6.83. The van der Waals surface area contributed by atoms with Crippen LogP contribution < -0.4 is 14.9 Å². The number of hydrogen-bond donors (Lipinski definition) is 2. The highest BCUT2D eigenvalue weighted by molar-refractivity contribution is 6.30. The second-order valence-corrected chi connectivity index (χ2v) is 5.24. The van der Waals surface area contributed by atoms with Gasteiger partial charge in [-0.3, -0.25) is 4.79 Å². The number of phenols is 1. The van der Waals surface area contributed by atoms with E-state index in [0.29, 0.717) is 22.1 Å². The number of aromatic hydroxyl groups is 1. The Morgan fingerprint density at radius 2 is 2.09 bits per heavy atom. The van der Waals surface area contributed by atoms with Crippen molar-refractivity contribution in [3.05, 3.63) is 53.1 Å². The second-order valence-electron chi connectivity index (χ2n) is 4.80. The van der Waals surface area contributed by atoms with Gasteiger partial charge in [-0.15, -0.1) is 0 Å². The molecule has 1 atom stereocenters. The Hall–Kier alpha value is -2.73. The van der Waals surface area contributed by atoms with E-state index in [2.05, 4.69) is 10.5 Å². The summed E-state index contributed by atoms with van der Waals surface area (Å²) < 4.78 is 11.0. The predicted octanol–water partition coefficient (Wildman–Crippen LogP) is 2.34. The van der Waals surface area contributed by atoms with Crippen LogP contribution in [0.5, 0.6) is 17.2 Å². The summed E-state index contributed by atoms with van der Waals surface area (Å²) in [6.07, 6.45) is 0.506. The van der Waals surface area contributed by atoms with Gasteiger partial charge in [-0.2, -0.15) is 5.10 Å². The van der Waals surface area contributed by atoms with E-state index in [9.17, 15) is 9.90 Å². The number of rotatable bonds is 3. The molecule has 2 aromatic carbocycles. The first kappa shape index (κ1) is 15.2. The Balaban J connectivity index is 1.62. The van der Waals surface area contributed by atoms with Crippen LogP contribution in [0, 0.1) is 0 Å². The van der Waals surface area contributed by atoms with Crippen molar-refractivity contribution in [3.8, 4) is 17.2 Å². The summed E-state index contributed by atoms with van der Waals surface area (Å²) >= 11 is 5.83. The summed E-state index contributed by atoms with van der Waals surface area (Å²) in [5.41, 5.74) is 2.74. The number of para-hydroxylation sites is 2. The Morgan fingerprint density at radius 1 is 1.30 bits per heavy atom. The monoisotopic (exact) mass is 332 g/mol. The molecule has 6 nitrogen and oxygen atoms in total. The van der Waals surface area contributed by atoms with E-state index in [1.807, 2.05) is 6.07 Å². The van der Waals surface area contributed by atoms with Crippen molar-refractivity contribution in [1.29, 1.82) is 0 Å². The lowest BCUT2D eigenvalue weighted by atomic mass is 10.2. The number of nitrogens with one attached hydrogen (secondary N) is 1. The number of carbonyl (C=O) groups excluding carboxylic acids is 1. The minimum atomic E-state index is -0.796. The molecule has 3 rings (SSSR count). The third-order valence-electron chi connectivity index (χ3n) is 3.17. The van der Waals surface area contributed by atoms with Crippen LogP contribution in [0.3, 0.4) is 0 Å². The van der Waals surface area contributed by atoms with E-state index in [1.54, 1.807) is 24.3 Å². The predicted molar refractivity (Wildman–Crippen MR) is 85.2 cm³/mol. The topological polar surface area (TPSA) is 80.2 Å². The lowest BCUT2D eigenvalue weighted by Gasteiger charge is -2.24. The third-order valence-corrected chi connectivity index (χ3v) is 3.40. The Morgan fingerprint density at radius 3 is 2.91 bits per heavy atom. The average Bonchev–Trinajstić information content (AvgIpc) is 2.57. The fourth-order valence-corrected chi connectivity index (χ4v) is 2.20. The Bertz CT molecular complexity index is 763. The number of phenolic OH excluding ortho intramolecular Hbond substituents is 1. The molecule has 0 saturated heterocycles. The van der Waals surface area contributed by atoms with Gasteiger partial charge >= 0.3 is 0 Å². The van der Waals surface area contributed by atoms with E-state index in [4.69, 9.17) is 21.1 Å². The van der Waals surface area contributed by atoms with Crippen molar-refractivity contribution < 1.29 is 19.4 Å². The number of ether oxygens (including phenoxy) is 2. The van der Waals surface area contributed by atoms with Crippen molar-refractivity contribution in [1.82, 2.24) is 5.43 Å². The number of nitrogens with zero attached hydrogens (tertiary/aromatic N) is 1. The van der Waals surface area contributed by atoms with Crippen molar-refractivity contribution >= 4 is 23.7 Å². The van der Waals surface area contributed by atoms with Crippen molar-refractivity contribution in [2.75, 3.05) is 6.61 Å². The van der Waals surface area contributed by atoms with Crippen molar-refractivity contribution in [3.63, 3.8) is 0 Å². The van der Waals surface area contributed by atoms with Gasteiger partial charge in [0.15, 0.2) is 11.5 Å². The maximum Gasteiger partial charge on any atom is 0.284 e. The van der Waals surface area contributed by atoms with Crippen LogP contribution in [0.1, 0.15) is 5.56 Å². The molecule has 0 fully saturated rings. The molecule has 1 amide bonds. The molecular formula is C16H13ClN2O4. The van der Waals surface area contributed by atoms with Gasteiger partial charge in [0.05, 0.1) is 6.21 Å². The molecule has 1 aliphatic heterocycles. The highest BCUT2D eigenvalue weighted by Crippen LogP contribution is 2.30. The first-order chi connectivity index (χ1) is 11.1. The fourth-order valence-electron chi connectivity index (χ4n) is 2.01. The number of halogens is 1. The first-order valence-corrected chi connectivity index (χ1v) is 7.21. The summed E-state index contributed by atoms with van der Waals surface area (Å²) in [6, 6.07) is 11.6. The lowest BCUT2D eigenvalue weighted by Crippen LogP contribution is -2.42. The molecule has 2 N–H and O–H groups in total. The molecule has 0 saturated carbocycles. The number of benzene rings is 2. The molecule has 2 aromatic rings. The third kappa shape index (κ3) is 3.54. The minimum Gasteiger partial charge on any atom is -0.507 e. The van der Waals surface area contributed by atoms with Gasteiger partial charge in [0.25, 0.3) is 5.91 Å². The molecular weight excluding hydrogens is 320 g/mol. The molecule has 118 valence electrons. The van der Waals surface area contributed by atoms with E-state index < -0.39 is 12.0 Å². The van der Waals surface area contributed by atoms with E-state index in [0.717, 1.165) is 0 Å². The highest BCUT2D eigenvalue weighted by atomic mass is 35.5. The molecule has 0 aromatic heterocycles. The van der Waals surface area contributed by atoms with Crippen LogP contribution in [0.25, 0.3) is 0 Å². The molecule has 7 heteroatoms. The number of hydrazone groups is 1. The largest absolute Gasteiger partial charge is 0.507 e. The van der Waals surface area contributed by atoms with Gasteiger partial charge in [-0.1, -0.05) is 23.7 Å². The summed E-state index contributed by atoms with van der Waals surface area (Å²) in [5.74, 6) is 0.676. The summed E-state index contributed by atoms with van der Waals surface area (Å²) in [4.78, 5) is 12.0. The molecule has 1 aliphatic rings. The normalized spacial score (nSPS) is 16.3. The maximum atomic E-state index is 12.0. The number of fused-ring (bicyclic) bond motifs is 1. The van der Waals surface area contributed by atoms with Crippen LogP contribution in [0.2, 0.25) is 5.02 Å². The van der Waals surface area contributed by atoms with Crippen LogP contribution in [0.4, 0.5) is 0 Å². The van der Waals surface area contributed by atoms with E-state index >= 15 is 0 Å². The van der Waals surface area contributed by atoms with Gasteiger partial charge in [-0.25, -0.2) is 5.43 Å². The summed E-state index contributed by atoms with van der Waals surface area (Å²) in [6.45, 7) is 0.0980. The van der Waals surface area contributed by atoms with Gasteiger partial charge in [0.1, 0.15) is 12.4 Å². The molecule has 0 aliphatic carbocycles. The van der Waals surface area contributed by atoms with Gasteiger partial charge in [0, 0.05) is 10.6 Å². The Kier molecular flexibility index (Phi) is 4.34. The zero-order chi connectivity index (χ0) is 16.2. The number of hydrogen-bond acceptors (Lipinski definition) is 5. The smallest absolute Gasteiger partial charge is 0.284 e. The lowest BCUT2D eigenvalue weighted by molar-refractivity contribution is -0.130. The van der Waals surface area contributed by atoms with Crippen molar-refractivity contribution in [2.24, 2.45) is 5.10 Å². The highest BCUT2D eigenvalue weighted by Gasteiger charge is 2.26. The van der Waals surface area contributed by atoms with Crippen LogP contribution >= 0.6 is 11.6 Å². The molecule has 0 spiro atoms.